The predicted molar refractivity (Wildman–Crippen MR) is 57.1 cm³/mol. The van der Waals surface area contributed by atoms with Crippen molar-refractivity contribution in [3.05, 3.63) is 17.8 Å². The van der Waals surface area contributed by atoms with Gasteiger partial charge in [0.15, 0.2) is 0 Å². The Morgan fingerprint density at radius 1 is 1.50 bits per heavy atom. The highest BCUT2D eigenvalue weighted by atomic mass is 127. The fourth-order valence-electron chi connectivity index (χ4n) is 0.567. The highest BCUT2D eigenvalue weighted by Gasteiger charge is 1.92. The maximum Gasteiger partial charge on any atom is 0.233 e. The van der Waals surface area contributed by atoms with Gasteiger partial charge in [0.05, 0.1) is 7.11 Å². The lowest BCUT2D eigenvalue weighted by Crippen LogP contribution is -1.91. The molecule has 0 fully saturated rings. The van der Waals surface area contributed by atoms with E-state index in [9.17, 15) is 0 Å². The fraction of sp³-hybridized carbons (Fsp3) is 0.143. The van der Waals surface area contributed by atoms with Gasteiger partial charge in [-0.1, -0.05) is 0 Å². The van der Waals surface area contributed by atoms with Crippen molar-refractivity contribution in [2.24, 2.45) is 0 Å². The first-order valence-corrected chi connectivity index (χ1v) is 6.39. The second-order valence-corrected chi connectivity index (χ2v) is 3.44. The molecular weight excluding hydrogens is 287 g/mol. The molecule has 0 amide bonds. The van der Waals surface area contributed by atoms with Crippen LogP contribution >= 0.6 is 30.1 Å². The molecule has 0 saturated carbocycles. The van der Waals surface area contributed by atoms with Gasteiger partial charge in [-0.15, -0.1) is 10.2 Å². The van der Waals surface area contributed by atoms with Gasteiger partial charge >= 0.3 is 0 Å². The summed E-state index contributed by atoms with van der Waals surface area (Å²) in [5.74, 6) is 3.32. The summed E-state index contributed by atoms with van der Waals surface area (Å²) < 4.78 is 4.85. The first kappa shape index (κ1) is 9.61. The van der Waals surface area contributed by atoms with Gasteiger partial charge in [-0.3, -0.25) is 0 Å². The fourth-order valence-corrected chi connectivity index (χ4v) is 1.04. The normalized spacial score (nSPS) is 8.50. The molecule has 0 atom stereocenters. The van der Waals surface area contributed by atoms with Crippen molar-refractivity contribution < 1.29 is 4.74 Å². The van der Waals surface area contributed by atoms with Crippen LogP contribution in [0, 0.1) is 11.2 Å². The zero-order valence-corrected chi connectivity index (χ0v) is 9.22. The van der Waals surface area contributed by atoms with E-state index in [0.717, 1.165) is 0 Å². The monoisotopic (exact) mass is 292 g/mol. The van der Waals surface area contributed by atoms with Crippen LogP contribution in [0.25, 0.3) is 0 Å². The average Bonchev–Trinajstić information content (AvgIpc) is 2.15. The molecule has 0 bridgehead atoms. The Balaban J connectivity index is 2.78. The van der Waals surface area contributed by atoms with Crippen LogP contribution in [0.5, 0.6) is 5.88 Å². The second-order valence-electron chi connectivity index (χ2n) is 1.77. The summed E-state index contributed by atoms with van der Waals surface area (Å²) in [5, 5.41) is 10.4. The summed E-state index contributed by atoms with van der Waals surface area (Å²) in [6.07, 6.45) is 0. The average molecular weight is 292 g/mol. The smallest absolute Gasteiger partial charge is 0.233 e. The van der Waals surface area contributed by atoms with E-state index in [1.807, 2.05) is 0 Å². The highest BCUT2D eigenvalue weighted by Crippen LogP contribution is 2.08. The number of rotatable bonds is 1. The van der Waals surface area contributed by atoms with Gasteiger partial charge < -0.3 is 4.74 Å². The van der Waals surface area contributed by atoms with Crippen molar-refractivity contribution in [1.82, 2.24) is 10.2 Å². The first-order valence-electron chi connectivity index (χ1n) is 3.03. The van der Waals surface area contributed by atoms with Crippen LogP contribution in [0.3, 0.4) is 0 Å². The lowest BCUT2D eigenvalue weighted by Gasteiger charge is -1.94. The summed E-state index contributed by atoms with van der Waals surface area (Å²) in [6, 6.07) is 3.50. The third kappa shape index (κ3) is 2.87. The van der Waals surface area contributed by atoms with Crippen molar-refractivity contribution in [3.8, 4) is 17.1 Å². The number of aromatic nitrogens is 2. The molecule has 12 heavy (non-hydrogen) atoms. The molecule has 0 aliphatic rings. The molecule has 0 saturated heterocycles. The van der Waals surface area contributed by atoms with E-state index < -0.39 is 0 Å². The third-order valence-electron chi connectivity index (χ3n) is 1.07. The Morgan fingerprint density at radius 2 is 2.33 bits per heavy atom. The van der Waals surface area contributed by atoms with Crippen molar-refractivity contribution in [2.75, 3.05) is 7.11 Å². The van der Waals surface area contributed by atoms with Crippen LogP contribution in [-0.2, 0) is 0 Å². The maximum absolute atomic E-state index is 4.85. The Morgan fingerprint density at radius 3 is 2.83 bits per heavy atom. The summed E-state index contributed by atoms with van der Waals surface area (Å²) in [5.41, 5.74) is 0.653. The number of hydrogen-bond acceptors (Lipinski definition) is 4. The van der Waals surface area contributed by atoms with Gasteiger partial charge in [-0.2, -0.15) is 0 Å². The first-order chi connectivity index (χ1) is 5.86. The predicted octanol–water partition coefficient (Wildman–Crippen LogP) is 1.88. The lowest BCUT2D eigenvalue weighted by molar-refractivity contribution is 0.391. The van der Waals surface area contributed by atoms with E-state index in [-0.39, 0.29) is 0 Å². The van der Waals surface area contributed by atoms with Crippen molar-refractivity contribution in [1.29, 1.82) is 0 Å². The molecule has 1 aromatic rings. The standard InChI is InChI=1S/C7H5IN2OS/c1-11-7-3-2-6(9-10-7)4-5-12-8/h2-3H,1H3. The Kier molecular flexibility index (Phi) is 4.18. The lowest BCUT2D eigenvalue weighted by atomic mass is 10.4. The molecule has 5 heteroatoms. The van der Waals surface area contributed by atoms with Crippen molar-refractivity contribution >= 4 is 30.1 Å². The van der Waals surface area contributed by atoms with Gasteiger partial charge in [0.25, 0.3) is 0 Å². The number of halogens is 1. The Labute approximate surface area is 86.9 Å². The van der Waals surface area contributed by atoms with Crippen LogP contribution < -0.4 is 4.74 Å². The van der Waals surface area contributed by atoms with Gasteiger partial charge in [0.2, 0.25) is 5.88 Å². The molecule has 0 aliphatic carbocycles. The van der Waals surface area contributed by atoms with Crippen LogP contribution in [0.2, 0.25) is 0 Å². The van der Waals surface area contributed by atoms with E-state index in [2.05, 4.69) is 42.6 Å². The number of ether oxygens (including phenoxy) is 1. The quantitative estimate of drug-likeness (QED) is 0.585. The number of hydrogen-bond donors (Lipinski definition) is 0. The summed E-state index contributed by atoms with van der Waals surface area (Å²) in [6.45, 7) is 0. The van der Waals surface area contributed by atoms with Gasteiger partial charge in [-0.05, 0) is 26.2 Å². The molecule has 0 N–H and O–H groups in total. The molecule has 0 radical (unpaired) electrons. The minimum Gasteiger partial charge on any atom is -0.480 e. The molecule has 0 spiro atoms. The summed E-state index contributed by atoms with van der Waals surface area (Å²) >= 11 is 2.10. The molecular formula is C7H5IN2OS. The van der Waals surface area contributed by atoms with Gasteiger partial charge in [0.1, 0.15) is 5.69 Å². The van der Waals surface area contributed by atoms with E-state index in [0.29, 0.717) is 11.6 Å². The van der Waals surface area contributed by atoms with Gasteiger partial charge in [-0.25, -0.2) is 0 Å². The van der Waals surface area contributed by atoms with E-state index in [4.69, 9.17) is 4.74 Å². The zero-order chi connectivity index (χ0) is 8.81. The minimum absolute atomic E-state index is 0.502. The minimum atomic E-state index is 0.502. The number of methoxy groups -OCH3 is 1. The maximum atomic E-state index is 4.85. The SMILES string of the molecule is COc1ccc(C#CSI)nn1. The second kappa shape index (κ2) is 5.22. The Bertz CT molecular complexity index is 303. The molecule has 0 aromatic carbocycles. The molecule has 1 rings (SSSR count). The van der Waals surface area contributed by atoms with E-state index in [1.54, 1.807) is 19.2 Å². The van der Waals surface area contributed by atoms with Crippen LogP contribution in [0.4, 0.5) is 0 Å². The molecule has 0 unspecified atom stereocenters. The molecule has 0 aliphatic heterocycles. The molecule has 1 heterocycles. The zero-order valence-electron chi connectivity index (χ0n) is 6.24. The van der Waals surface area contributed by atoms with E-state index in [1.165, 1.54) is 8.93 Å². The topological polar surface area (TPSA) is 35.0 Å². The van der Waals surface area contributed by atoms with Crippen molar-refractivity contribution in [3.63, 3.8) is 0 Å². The van der Waals surface area contributed by atoms with Crippen LogP contribution in [-0.4, -0.2) is 17.3 Å². The van der Waals surface area contributed by atoms with Crippen molar-refractivity contribution in [2.45, 2.75) is 0 Å². The molecule has 3 nitrogen and oxygen atoms in total. The summed E-state index contributed by atoms with van der Waals surface area (Å²) in [7, 11) is 2.97. The van der Waals surface area contributed by atoms with Gasteiger partial charge in [0, 0.05) is 27.3 Å². The highest BCUT2D eigenvalue weighted by molar-refractivity contribution is 14.2. The van der Waals surface area contributed by atoms with E-state index >= 15 is 0 Å². The molecule has 1 aromatic heterocycles. The molecule has 62 valence electrons. The van der Waals surface area contributed by atoms with Crippen LogP contribution in [0.15, 0.2) is 12.1 Å². The Hall–Kier alpha value is -0.480. The van der Waals surface area contributed by atoms with Crippen LogP contribution in [0.1, 0.15) is 5.69 Å². The third-order valence-corrected chi connectivity index (χ3v) is 1.91. The largest absolute Gasteiger partial charge is 0.480 e. The summed E-state index contributed by atoms with van der Waals surface area (Å²) in [4.78, 5) is 0. The number of nitrogens with zero attached hydrogens (tertiary/aromatic N) is 2.